The Morgan fingerprint density at radius 2 is 2.12 bits per heavy atom. The Morgan fingerprint density at radius 3 is 2.77 bits per heavy atom. The van der Waals surface area contributed by atoms with Gasteiger partial charge in [0.25, 0.3) is 0 Å². The average molecular weight is 376 g/mol. The first kappa shape index (κ1) is 18.6. The molecule has 0 bridgehead atoms. The monoisotopic (exact) mass is 376 g/mol. The summed E-state index contributed by atoms with van der Waals surface area (Å²) in [6.45, 7) is 0.733. The quantitative estimate of drug-likeness (QED) is 0.722. The average Bonchev–Trinajstić information content (AvgIpc) is 3.27. The van der Waals surface area contributed by atoms with Gasteiger partial charge in [-0.25, -0.2) is 0 Å². The molecule has 1 atom stereocenters. The number of methoxy groups -OCH3 is 2. The summed E-state index contributed by atoms with van der Waals surface area (Å²) < 4.78 is 12.7. The normalized spacial score (nSPS) is 16.8. The SMILES string of the molecule is COc1ccc(OC)c(CC(=O)N2CCCC2c2nnc(SC)n2C)c1. The fourth-order valence-corrected chi connectivity index (χ4v) is 3.90. The standard InChI is InChI=1S/C18H24N4O3S/c1-21-17(19-20-18(21)26-4)14-6-5-9-22(14)16(23)11-12-10-13(24-2)7-8-15(12)25-3/h7-8,10,14H,5-6,9,11H2,1-4H3. The molecule has 3 rings (SSSR count). The van der Waals surface area contributed by atoms with E-state index in [-0.39, 0.29) is 18.4 Å². The van der Waals surface area contributed by atoms with E-state index in [0.717, 1.165) is 35.9 Å². The molecule has 1 aromatic carbocycles. The number of hydrogen-bond acceptors (Lipinski definition) is 6. The third-order valence-electron chi connectivity index (χ3n) is 4.75. The van der Waals surface area contributed by atoms with Crippen LogP contribution in [-0.2, 0) is 18.3 Å². The van der Waals surface area contributed by atoms with E-state index in [1.165, 1.54) is 0 Å². The van der Waals surface area contributed by atoms with Crippen LogP contribution in [0.3, 0.4) is 0 Å². The third kappa shape index (κ3) is 3.51. The zero-order chi connectivity index (χ0) is 18.7. The molecule has 8 heteroatoms. The van der Waals surface area contributed by atoms with Gasteiger partial charge in [0.1, 0.15) is 11.5 Å². The van der Waals surface area contributed by atoms with E-state index in [1.54, 1.807) is 26.0 Å². The van der Waals surface area contributed by atoms with Crippen LogP contribution in [0.4, 0.5) is 0 Å². The second kappa shape index (κ2) is 7.99. The highest BCUT2D eigenvalue weighted by Gasteiger charge is 2.33. The molecule has 1 saturated heterocycles. The van der Waals surface area contributed by atoms with E-state index in [0.29, 0.717) is 11.5 Å². The molecule has 2 aromatic rings. The van der Waals surface area contributed by atoms with Crippen LogP contribution in [-0.4, -0.2) is 52.6 Å². The summed E-state index contributed by atoms with van der Waals surface area (Å²) in [5.74, 6) is 2.31. The topological polar surface area (TPSA) is 69.5 Å². The summed E-state index contributed by atoms with van der Waals surface area (Å²) in [6, 6.07) is 5.49. The number of hydrogen-bond donors (Lipinski definition) is 0. The van der Waals surface area contributed by atoms with Gasteiger partial charge in [0.15, 0.2) is 11.0 Å². The molecule has 26 heavy (non-hydrogen) atoms. The lowest BCUT2D eigenvalue weighted by Crippen LogP contribution is -2.33. The number of rotatable bonds is 6. The minimum Gasteiger partial charge on any atom is -0.497 e. The van der Waals surface area contributed by atoms with Crippen LogP contribution >= 0.6 is 11.8 Å². The Bertz CT molecular complexity index is 793. The minimum absolute atomic E-state index is 0.0301. The van der Waals surface area contributed by atoms with Gasteiger partial charge in [0.2, 0.25) is 5.91 Å². The van der Waals surface area contributed by atoms with Crippen LogP contribution in [0, 0.1) is 0 Å². The molecule has 0 N–H and O–H groups in total. The van der Waals surface area contributed by atoms with Crippen LogP contribution in [0.2, 0.25) is 0 Å². The lowest BCUT2D eigenvalue weighted by atomic mass is 10.1. The van der Waals surface area contributed by atoms with Crippen molar-refractivity contribution in [1.29, 1.82) is 0 Å². The molecule has 1 aromatic heterocycles. The van der Waals surface area contributed by atoms with Crippen molar-refractivity contribution in [2.24, 2.45) is 7.05 Å². The Kier molecular flexibility index (Phi) is 5.70. The van der Waals surface area contributed by atoms with E-state index in [2.05, 4.69) is 10.2 Å². The van der Waals surface area contributed by atoms with Crippen molar-refractivity contribution in [2.45, 2.75) is 30.5 Å². The maximum atomic E-state index is 13.0. The summed E-state index contributed by atoms with van der Waals surface area (Å²) >= 11 is 1.55. The number of benzene rings is 1. The molecule has 0 radical (unpaired) electrons. The van der Waals surface area contributed by atoms with Crippen molar-refractivity contribution in [3.8, 4) is 11.5 Å². The van der Waals surface area contributed by atoms with Gasteiger partial charge >= 0.3 is 0 Å². The zero-order valence-electron chi connectivity index (χ0n) is 15.6. The first-order chi connectivity index (χ1) is 12.6. The predicted molar refractivity (Wildman–Crippen MR) is 99.7 cm³/mol. The smallest absolute Gasteiger partial charge is 0.227 e. The fraction of sp³-hybridized carbons (Fsp3) is 0.500. The first-order valence-electron chi connectivity index (χ1n) is 8.52. The van der Waals surface area contributed by atoms with E-state index in [4.69, 9.17) is 9.47 Å². The molecule has 1 amide bonds. The maximum absolute atomic E-state index is 13.0. The first-order valence-corrected chi connectivity index (χ1v) is 9.75. The third-order valence-corrected chi connectivity index (χ3v) is 5.47. The summed E-state index contributed by atoms with van der Waals surface area (Å²) in [7, 11) is 5.17. The van der Waals surface area contributed by atoms with E-state index in [1.807, 2.05) is 41.0 Å². The van der Waals surface area contributed by atoms with Crippen LogP contribution in [0.5, 0.6) is 11.5 Å². The second-order valence-corrected chi connectivity index (χ2v) is 6.98. The zero-order valence-corrected chi connectivity index (χ0v) is 16.4. The van der Waals surface area contributed by atoms with Gasteiger partial charge in [-0.05, 0) is 37.3 Å². The Balaban J connectivity index is 1.82. The number of nitrogens with zero attached hydrogens (tertiary/aromatic N) is 4. The highest BCUT2D eigenvalue weighted by atomic mass is 32.2. The predicted octanol–water partition coefficient (Wildman–Crippen LogP) is 2.46. The van der Waals surface area contributed by atoms with Crippen LogP contribution in [0.1, 0.15) is 30.3 Å². The van der Waals surface area contributed by atoms with Crippen molar-refractivity contribution in [3.63, 3.8) is 0 Å². The van der Waals surface area contributed by atoms with Gasteiger partial charge < -0.3 is 18.9 Å². The van der Waals surface area contributed by atoms with Gasteiger partial charge in [-0.1, -0.05) is 11.8 Å². The van der Waals surface area contributed by atoms with Crippen molar-refractivity contribution >= 4 is 17.7 Å². The molecule has 140 valence electrons. The molecule has 7 nitrogen and oxygen atoms in total. The number of carbonyl (C=O) groups is 1. The number of thioether (sulfide) groups is 1. The van der Waals surface area contributed by atoms with Gasteiger partial charge in [0, 0.05) is 19.2 Å². The molecule has 1 aliphatic rings. The molecule has 1 fully saturated rings. The summed E-state index contributed by atoms with van der Waals surface area (Å²) in [5.41, 5.74) is 0.824. The summed E-state index contributed by atoms with van der Waals surface area (Å²) in [5, 5.41) is 9.39. The molecule has 1 aliphatic heterocycles. The lowest BCUT2D eigenvalue weighted by Gasteiger charge is -2.24. The molecule has 0 saturated carbocycles. The van der Waals surface area contributed by atoms with Crippen molar-refractivity contribution in [3.05, 3.63) is 29.6 Å². The van der Waals surface area contributed by atoms with Gasteiger partial charge in [0.05, 0.1) is 26.7 Å². The Morgan fingerprint density at radius 1 is 1.31 bits per heavy atom. The van der Waals surface area contributed by atoms with E-state index in [9.17, 15) is 4.79 Å². The Labute approximate surface area is 157 Å². The van der Waals surface area contributed by atoms with Crippen LogP contribution in [0.15, 0.2) is 23.4 Å². The number of amides is 1. The maximum Gasteiger partial charge on any atom is 0.227 e. The van der Waals surface area contributed by atoms with E-state index < -0.39 is 0 Å². The van der Waals surface area contributed by atoms with Crippen molar-refractivity contribution < 1.29 is 14.3 Å². The van der Waals surface area contributed by atoms with Gasteiger partial charge in [-0.15, -0.1) is 10.2 Å². The second-order valence-electron chi connectivity index (χ2n) is 6.20. The largest absolute Gasteiger partial charge is 0.497 e. The van der Waals surface area contributed by atoms with Crippen molar-refractivity contribution in [2.75, 3.05) is 27.0 Å². The van der Waals surface area contributed by atoms with Crippen LogP contribution in [0.25, 0.3) is 0 Å². The Hall–Kier alpha value is -2.22. The summed E-state index contributed by atoms with van der Waals surface area (Å²) in [6.07, 6.45) is 4.11. The van der Waals surface area contributed by atoms with E-state index >= 15 is 0 Å². The molecule has 2 heterocycles. The molecule has 1 unspecified atom stereocenters. The minimum atomic E-state index is -0.0301. The lowest BCUT2D eigenvalue weighted by molar-refractivity contribution is -0.131. The highest BCUT2D eigenvalue weighted by molar-refractivity contribution is 7.98. The molecule has 0 aliphatic carbocycles. The summed E-state index contributed by atoms with van der Waals surface area (Å²) in [4.78, 5) is 14.9. The number of likely N-dealkylation sites (tertiary alicyclic amines) is 1. The highest BCUT2D eigenvalue weighted by Crippen LogP contribution is 2.33. The number of carbonyl (C=O) groups excluding carboxylic acids is 1. The van der Waals surface area contributed by atoms with Crippen molar-refractivity contribution in [1.82, 2.24) is 19.7 Å². The molecular weight excluding hydrogens is 352 g/mol. The number of aromatic nitrogens is 3. The van der Waals surface area contributed by atoms with Crippen LogP contribution < -0.4 is 9.47 Å². The number of ether oxygens (including phenoxy) is 2. The fourth-order valence-electron chi connectivity index (χ4n) is 3.41. The molecular formula is C18H24N4O3S. The van der Waals surface area contributed by atoms with Gasteiger partial charge in [-0.3, -0.25) is 4.79 Å². The van der Waals surface area contributed by atoms with Gasteiger partial charge in [-0.2, -0.15) is 0 Å². The molecule has 0 spiro atoms.